The van der Waals surface area contributed by atoms with E-state index >= 15 is 0 Å². The van der Waals surface area contributed by atoms with E-state index in [0.717, 1.165) is 23.2 Å². The number of aryl methyl sites for hydroxylation is 1. The number of likely N-dealkylation sites (tertiary alicyclic amines) is 1. The molecule has 1 amide bonds. The van der Waals surface area contributed by atoms with E-state index in [1.165, 1.54) is 18.4 Å². The largest absolute Gasteiger partial charge is 0.324 e. The zero-order valence-corrected chi connectivity index (χ0v) is 12.5. The van der Waals surface area contributed by atoms with Crippen molar-refractivity contribution in [1.29, 1.82) is 0 Å². The minimum Gasteiger partial charge on any atom is -0.324 e. The first-order chi connectivity index (χ1) is 8.58. The number of nitrogens with one attached hydrogen (secondary N) is 1. The minimum absolute atomic E-state index is 0.0549. The number of carbonyl (C=O) groups is 1. The highest BCUT2D eigenvalue weighted by Crippen LogP contribution is 2.24. The van der Waals surface area contributed by atoms with Gasteiger partial charge in [-0.3, -0.25) is 9.69 Å². The normalized spacial score (nSPS) is 17.7. The predicted molar refractivity (Wildman–Crippen MR) is 77.8 cm³/mol. The number of hydrogen-bond acceptors (Lipinski definition) is 2. The first-order valence-electron chi connectivity index (χ1n) is 6.39. The Morgan fingerprint density at radius 1 is 1.39 bits per heavy atom. The summed E-state index contributed by atoms with van der Waals surface area (Å²) in [6.07, 6.45) is 2.40. The molecule has 1 heterocycles. The van der Waals surface area contributed by atoms with Crippen molar-refractivity contribution in [2.75, 3.05) is 18.4 Å². The van der Waals surface area contributed by atoms with Crippen LogP contribution in [0.2, 0.25) is 0 Å². The maximum absolute atomic E-state index is 12.2. The molecular weight excluding hydrogens is 292 g/mol. The van der Waals surface area contributed by atoms with Gasteiger partial charge in [0.25, 0.3) is 0 Å². The fourth-order valence-corrected chi connectivity index (χ4v) is 2.85. The number of hydrogen-bond donors (Lipinski definition) is 1. The molecule has 3 nitrogen and oxygen atoms in total. The van der Waals surface area contributed by atoms with Gasteiger partial charge in [0.15, 0.2) is 0 Å². The van der Waals surface area contributed by atoms with Crippen molar-refractivity contribution in [3.05, 3.63) is 28.2 Å². The van der Waals surface area contributed by atoms with E-state index in [4.69, 9.17) is 0 Å². The SMILES string of the molecule is Cc1ccc(NC(=O)[C@@H](C)N2CCCC2)c(Br)c1. The van der Waals surface area contributed by atoms with Crippen LogP contribution in [-0.2, 0) is 4.79 Å². The maximum atomic E-state index is 12.2. The van der Waals surface area contributed by atoms with Gasteiger partial charge in [-0.25, -0.2) is 0 Å². The quantitative estimate of drug-likeness (QED) is 0.930. The van der Waals surface area contributed by atoms with Crippen molar-refractivity contribution in [2.45, 2.75) is 32.7 Å². The highest BCUT2D eigenvalue weighted by molar-refractivity contribution is 9.10. The van der Waals surface area contributed by atoms with Gasteiger partial charge in [0, 0.05) is 4.47 Å². The van der Waals surface area contributed by atoms with Crippen molar-refractivity contribution >= 4 is 27.5 Å². The van der Waals surface area contributed by atoms with Crippen LogP contribution in [0.3, 0.4) is 0 Å². The number of anilines is 1. The molecule has 0 unspecified atom stereocenters. The van der Waals surface area contributed by atoms with Gasteiger partial charge in [-0.2, -0.15) is 0 Å². The molecule has 1 aliphatic heterocycles. The van der Waals surface area contributed by atoms with Crippen molar-refractivity contribution in [3.63, 3.8) is 0 Å². The molecule has 1 aromatic rings. The van der Waals surface area contributed by atoms with Crippen molar-refractivity contribution in [1.82, 2.24) is 4.90 Å². The van der Waals surface area contributed by atoms with Gasteiger partial charge in [0.05, 0.1) is 11.7 Å². The fourth-order valence-electron chi connectivity index (χ4n) is 2.25. The summed E-state index contributed by atoms with van der Waals surface area (Å²) in [7, 11) is 0. The molecule has 98 valence electrons. The van der Waals surface area contributed by atoms with Crippen molar-refractivity contribution in [2.24, 2.45) is 0 Å². The van der Waals surface area contributed by atoms with Crippen LogP contribution >= 0.6 is 15.9 Å². The molecule has 18 heavy (non-hydrogen) atoms. The van der Waals surface area contributed by atoms with E-state index in [1.807, 2.05) is 32.0 Å². The van der Waals surface area contributed by atoms with Crippen molar-refractivity contribution < 1.29 is 4.79 Å². The maximum Gasteiger partial charge on any atom is 0.241 e. The molecule has 0 radical (unpaired) electrons. The Kier molecular flexibility index (Phi) is 4.40. The Hall–Kier alpha value is -0.870. The number of benzene rings is 1. The average molecular weight is 311 g/mol. The molecule has 0 aromatic heterocycles. The lowest BCUT2D eigenvalue weighted by Crippen LogP contribution is -2.40. The Balaban J connectivity index is 2.01. The standard InChI is InChI=1S/C14H19BrN2O/c1-10-5-6-13(12(15)9-10)16-14(18)11(2)17-7-3-4-8-17/h5-6,9,11H,3-4,7-8H2,1-2H3,(H,16,18)/t11-/m1/s1. The van der Waals surface area contributed by atoms with E-state index in [0.29, 0.717) is 0 Å². The smallest absolute Gasteiger partial charge is 0.241 e. The van der Waals surface area contributed by atoms with E-state index in [-0.39, 0.29) is 11.9 Å². The second kappa shape index (κ2) is 5.85. The predicted octanol–water partition coefficient (Wildman–Crippen LogP) is 3.18. The molecule has 1 aliphatic rings. The average Bonchev–Trinajstić information content (AvgIpc) is 2.85. The molecule has 1 aromatic carbocycles. The summed E-state index contributed by atoms with van der Waals surface area (Å²) in [6, 6.07) is 5.89. The van der Waals surface area contributed by atoms with Gasteiger partial charge in [-0.05, 0) is 73.4 Å². The third-order valence-electron chi connectivity index (χ3n) is 3.45. The molecule has 1 saturated heterocycles. The first kappa shape index (κ1) is 13.6. The second-order valence-electron chi connectivity index (χ2n) is 4.89. The molecule has 1 fully saturated rings. The van der Waals surface area contributed by atoms with Gasteiger partial charge in [-0.1, -0.05) is 6.07 Å². The highest BCUT2D eigenvalue weighted by Gasteiger charge is 2.24. The summed E-state index contributed by atoms with van der Waals surface area (Å²) >= 11 is 3.48. The van der Waals surface area contributed by atoms with E-state index in [9.17, 15) is 4.79 Å². The summed E-state index contributed by atoms with van der Waals surface area (Å²) in [5, 5.41) is 2.99. The van der Waals surface area contributed by atoms with Crippen LogP contribution in [0, 0.1) is 6.92 Å². The van der Waals surface area contributed by atoms with Gasteiger partial charge in [0.1, 0.15) is 0 Å². The van der Waals surface area contributed by atoms with Crippen LogP contribution in [0.15, 0.2) is 22.7 Å². The van der Waals surface area contributed by atoms with Crippen LogP contribution in [0.1, 0.15) is 25.3 Å². The summed E-state index contributed by atoms with van der Waals surface area (Å²) in [5.41, 5.74) is 2.02. The Morgan fingerprint density at radius 2 is 2.06 bits per heavy atom. The second-order valence-corrected chi connectivity index (χ2v) is 5.75. The fraction of sp³-hybridized carbons (Fsp3) is 0.500. The highest BCUT2D eigenvalue weighted by atomic mass is 79.9. The molecule has 4 heteroatoms. The van der Waals surface area contributed by atoms with E-state index in [2.05, 4.69) is 26.1 Å². The van der Waals surface area contributed by atoms with Crippen molar-refractivity contribution in [3.8, 4) is 0 Å². The molecule has 1 N–H and O–H groups in total. The van der Waals surface area contributed by atoms with Gasteiger partial charge >= 0.3 is 0 Å². The lowest BCUT2D eigenvalue weighted by molar-refractivity contribution is -0.120. The Morgan fingerprint density at radius 3 is 2.67 bits per heavy atom. The zero-order chi connectivity index (χ0) is 13.1. The lowest BCUT2D eigenvalue weighted by atomic mass is 10.2. The van der Waals surface area contributed by atoms with Crippen LogP contribution in [-0.4, -0.2) is 29.9 Å². The van der Waals surface area contributed by atoms with Crippen LogP contribution in [0.4, 0.5) is 5.69 Å². The zero-order valence-electron chi connectivity index (χ0n) is 10.9. The van der Waals surface area contributed by atoms with Gasteiger partial charge < -0.3 is 5.32 Å². The number of amides is 1. The van der Waals surface area contributed by atoms with Crippen LogP contribution < -0.4 is 5.32 Å². The van der Waals surface area contributed by atoms with E-state index in [1.54, 1.807) is 0 Å². The number of halogens is 1. The van der Waals surface area contributed by atoms with E-state index < -0.39 is 0 Å². The molecule has 2 rings (SSSR count). The number of rotatable bonds is 3. The molecular formula is C14H19BrN2O. The summed E-state index contributed by atoms with van der Waals surface area (Å²) < 4.78 is 0.935. The first-order valence-corrected chi connectivity index (χ1v) is 7.18. The Bertz CT molecular complexity index is 441. The molecule has 0 spiro atoms. The van der Waals surface area contributed by atoms with Gasteiger partial charge in [-0.15, -0.1) is 0 Å². The monoisotopic (exact) mass is 310 g/mol. The third-order valence-corrected chi connectivity index (χ3v) is 4.11. The minimum atomic E-state index is -0.0549. The summed E-state index contributed by atoms with van der Waals surface area (Å²) in [4.78, 5) is 14.4. The lowest BCUT2D eigenvalue weighted by Gasteiger charge is -2.23. The van der Waals surface area contributed by atoms with Gasteiger partial charge in [0.2, 0.25) is 5.91 Å². The summed E-state index contributed by atoms with van der Waals surface area (Å²) in [5.74, 6) is 0.0708. The number of nitrogens with zero attached hydrogens (tertiary/aromatic N) is 1. The molecule has 0 saturated carbocycles. The number of carbonyl (C=O) groups excluding carboxylic acids is 1. The summed E-state index contributed by atoms with van der Waals surface area (Å²) in [6.45, 7) is 6.07. The Labute approximate surface area is 117 Å². The van der Waals surface area contributed by atoms with Crippen LogP contribution in [0.5, 0.6) is 0 Å². The van der Waals surface area contributed by atoms with Crippen LogP contribution in [0.25, 0.3) is 0 Å². The molecule has 0 aliphatic carbocycles. The topological polar surface area (TPSA) is 32.3 Å². The molecule has 1 atom stereocenters. The third kappa shape index (κ3) is 3.12. The molecule has 0 bridgehead atoms.